The molecular formula is C8H10Br2N2. The highest BCUT2D eigenvalue weighted by atomic mass is 79.9. The maximum atomic E-state index is 5.73. The zero-order chi connectivity index (χ0) is 9.14. The van der Waals surface area contributed by atoms with Crippen LogP contribution in [0.15, 0.2) is 27.1 Å². The third-order valence-corrected chi connectivity index (χ3v) is 2.69. The van der Waals surface area contributed by atoms with E-state index in [0.29, 0.717) is 0 Å². The number of nitrogens with zero attached hydrogens (tertiary/aromatic N) is 1. The molecule has 0 atom stereocenters. The van der Waals surface area contributed by atoms with E-state index in [1.165, 1.54) is 0 Å². The molecule has 0 unspecified atom stereocenters. The van der Waals surface area contributed by atoms with Gasteiger partial charge in [0.2, 0.25) is 0 Å². The first-order valence-electron chi connectivity index (χ1n) is 3.62. The lowest BCUT2D eigenvalue weighted by Crippen LogP contribution is -2.30. The van der Waals surface area contributed by atoms with Gasteiger partial charge in [0.15, 0.2) is 0 Å². The number of rotatable bonds is 2. The maximum absolute atomic E-state index is 5.73. The van der Waals surface area contributed by atoms with Gasteiger partial charge in [-0.1, -0.05) is 15.9 Å². The van der Waals surface area contributed by atoms with Crippen LogP contribution in [0, 0.1) is 0 Å². The minimum absolute atomic E-state index is 0.792. The molecule has 0 bridgehead atoms. The van der Waals surface area contributed by atoms with Crippen LogP contribution in [0.2, 0.25) is 0 Å². The highest BCUT2D eigenvalue weighted by Gasteiger charge is 2.03. The average Bonchev–Trinajstić information content (AvgIpc) is 2.03. The molecule has 0 aliphatic carbocycles. The molecule has 0 radical (unpaired) electrons. The molecule has 2 nitrogen and oxygen atoms in total. The molecule has 1 aromatic carbocycles. The fourth-order valence-electron chi connectivity index (χ4n) is 0.885. The van der Waals surface area contributed by atoms with E-state index in [1.807, 2.05) is 25.1 Å². The summed E-state index contributed by atoms with van der Waals surface area (Å²) in [6.45, 7) is 2.80. The predicted octanol–water partition coefficient (Wildman–Crippen LogP) is 2.91. The van der Waals surface area contributed by atoms with E-state index in [1.54, 1.807) is 5.01 Å². The maximum Gasteiger partial charge on any atom is 0.0659 e. The van der Waals surface area contributed by atoms with E-state index in [4.69, 9.17) is 5.84 Å². The summed E-state index contributed by atoms with van der Waals surface area (Å²) in [7, 11) is 0. The Labute approximate surface area is 89.0 Å². The van der Waals surface area contributed by atoms with Crippen molar-refractivity contribution >= 4 is 37.5 Å². The van der Waals surface area contributed by atoms with Gasteiger partial charge in [0.1, 0.15) is 0 Å². The molecule has 4 heteroatoms. The number of hydrazine groups is 1. The Morgan fingerprint density at radius 1 is 1.42 bits per heavy atom. The molecule has 66 valence electrons. The minimum atomic E-state index is 0.792. The van der Waals surface area contributed by atoms with Crippen LogP contribution in [0.4, 0.5) is 5.69 Å². The molecule has 0 amide bonds. The van der Waals surface area contributed by atoms with Gasteiger partial charge in [0, 0.05) is 15.5 Å². The Morgan fingerprint density at radius 2 is 2.08 bits per heavy atom. The van der Waals surface area contributed by atoms with E-state index >= 15 is 0 Å². The summed E-state index contributed by atoms with van der Waals surface area (Å²) >= 11 is 6.81. The number of halogens is 2. The second-order valence-electron chi connectivity index (χ2n) is 2.38. The Kier molecular flexibility index (Phi) is 3.55. The Hall–Kier alpha value is -0.0600. The highest BCUT2D eigenvalue weighted by molar-refractivity contribution is 9.11. The van der Waals surface area contributed by atoms with Gasteiger partial charge in [-0.2, -0.15) is 0 Å². The normalized spacial score (nSPS) is 10.0. The van der Waals surface area contributed by atoms with Crippen LogP contribution < -0.4 is 10.9 Å². The lowest BCUT2D eigenvalue weighted by atomic mass is 10.3. The van der Waals surface area contributed by atoms with Crippen molar-refractivity contribution in [1.82, 2.24) is 0 Å². The molecule has 0 saturated heterocycles. The molecule has 0 aliphatic rings. The van der Waals surface area contributed by atoms with Crippen LogP contribution in [0.25, 0.3) is 0 Å². The third-order valence-electron chi connectivity index (χ3n) is 1.56. The van der Waals surface area contributed by atoms with E-state index in [-0.39, 0.29) is 0 Å². The fraction of sp³-hybridized carbons (Fsp3) is 0.250. The average molecular weight is 294 g/mol. The standard InChI is InChI=1S/C8H10Br2N2/c1-2-12(11)8-4-3-6(9)5-7(8)10/h3-5H,2,11H2,1H3. The summed E-state index contributed by atoms with van der Waals surface area (Å²) in [6.07, 6.45) is 0. The quantitative estimate of drug-likeness (QED) is 0.671. The van der Waals surface area contributed by atoms with Gasteiger partial charge in [-0.05, 0) is 41.1 Å². The van der Waals surface area contributed by atoms with Crippen LogP contribution in [-0.4, -0.2) is 6.54 Å². The molecule has 1 rings (SSSR count). The lowest BCUT2D eigenvalue weighted by molar-refractivity contribution is 0.889. The SMILES string of the molecule is CCN(N)c1ccc(Br)cc1Br. The number of nitrogens with two attached hydrogens (primary N) is 1. The first-order valence-corrected chi connectivity index (χ1v) is 5.21. The molecule has 0 saturated carbocycles. The van der Waals surface area contributed by atoms with Gasteiger partial charge in [-0.3, -0.25) is 0 Å². The Bertz CT molecular complexity index is 276. The Morgan fingerprint density at radius 3 is 2.58 bits per heavy atom. The van der Waals surface area contributed by atoms with Crippen LogP contribution in [0.5, 0.6) is 0 Å². The van der Waals surface area contributed by atoms with Crippen molar-refractivity contribution in [3.63, 3.8) is 0 Å². The minimum Gasteiger partial charge on any atom is -0.310 e. The van der Waals surface area contributed by atoms with Crippen LogP contribution in [-0.2, 0) is 0 Å². The zero-order valence-corrected chi connectivity index (χ0v) is 9.89. The second kappa shape index (κ2) is 4.25. The zero-order valence-electron chi connectivity index (χ0n) is 6.72. The van der Waals surface area contributed by atoms with Gasteiger partial charge >= 0.3 is 0 Å². The van der Waals surface area contributed by atoms with Crippen molar-refractivity contribution in [1.29, 1.82) is 0 Å². The van der Waals surface area contributed by atoms with Crippen molar-refractivity contribution in [3.05, 3.63) is 27.1 Å². The molecule has 12 heavy (non-hydrogen) atoms. The van der Waals surface area contributed by atoms with Crippen molar-refractivity contribution in [2.75, 3.05) is 11.6 Å². The highest BCUT2D eigenvalue weighted by Crippen LogP contribution is 2.27. The van der Waals surface area contributed by atoms with Crippen molar-refractivity contribution in [2.45, 2.75) is 6.92 Å². The molecule has 0 fully saturated rings. The van der Waals surface area contributed by atoms with Gasteiger partial charge in [0.05, 0.1) is 5.69 Å². The molecule has 0 aromatic heterocycles. The van der Waals surface area contributed by atoms with Gasteiger partial charge in [-0.15, -0.1) is 0 Å². The monoisotopic (exact) mass is 292 g/mol. The second-order valence-corrected chi connectivity index (χ2v) is 4.15. The first kappa shape index (κ1) is 10.0. The van der Waals surface area contributed by atoms with E-state index < -0.39 is 0 Å². The van der Waals surface area contributed by atoms with Gasteiger partial charge < -0.3 is 5.01 Å². The largest absolute Gasteiger partial charge is 0.310 e. The van der Waals surface area contributed by atoms with Gasteiger partial charge in [0.25, 0.3) is 0 Å². The Balaban J connectivity index is 3.01. The fourth-order valence-corrected chi connectivity index (χ4v) is 2.16. The molecule has 1 aromatic rings. The summed E-state index contributed by atoms with van der Waals surface area (Å²) in [5.74, 6) is 5.73. The molecule has 0 spiro atoms. The molecule has 0 aliphatic heterocycles. The summed E-state index contributed by atoms with van der Waals surface area (Å²) in [5, 5.41) is 1.69. The first-order chi connectivity index (χ1) is 5.65. The summed E-state index contributed by atoms with van der Waals surface area (Å²) < 4.78 is 2.05. The van der Waals surface area contributed by atoms with Crippen LogP contribution in [0.3, 0.4) is 0 Å². The number of hydrogen-bond acceptors (Lipinski definition) is 2. The number of anilines is 1. The van der Waals surface area contributed by atoms with E-state index in [2.05, 4.69) is 31.9 Å². The van der Waals surface area contributed by atoms with Crippen LogP contribution in [0.1, 0.15) is 6.92 Å². The summed E-state index contributed by atoms with van der Waals surface area (Å²) in [6, 6.07) is 5.91. The van der Waals surface area contributed by atoms with Crippen LogP contribution >= 0.6 is 31.9 Å². The van der Waals surface area contributed by atoms with Crippen molar-refractivity contribution in [3.8, 4) is 0 Å². The van der Waals surface area contributed by atoms with E-state index in [0.717, 1.165) is 21.2 Å². The topological polar surface area (TPSA) is 29.3 Å². The molecular weight excluding hydrogens is 284 g/mol. The van der Waals surface area contributed by atoms with Gasteiger partial charge in [-0.25, -0.2) is 5.84 Å². The summed E-state index contributed by atoms with van der Waals surface area (Å²) in [4.78, 5) is 0. The third kappa shape index (κ3) is 2.21. The van der Waals surface area contributed by atoms with Crippen molar-refractivity contribution in [2.24, 2.45) is 5.84 Å². The lowest BCUT2D eigenvalue weighted by Gasteiger charge is -2.17. The molecule has 0 heterocycles. The van der Waals surface area contributed by atoms with Crippen molar-refractivity contribution < 1.29 is 0 Å². The molecule has 2 N–H and O–H groups in total. The summed E-state index contributed by atoms with van der Waals surface area (Å²) in [5.41, 5.74) is 1.00. The smallest absolute Gasteiger partial charge is 0.0659 e. The predicted molar refractivity (Wildman–Crippen MR) is 59.0 cm³/mol. The number of benzene rings is 1. The number of hydrogen-bond donors (Lipinski definition) is 1. The van der Waals surface area contributed by atoms with E-state index in [9.17, 15) is 0 Å².